The number of amides is 1. The van der Waals surface area contributed by atoms with Gasteiger partial charge in [0.15, 0.2) is 18.1 Å². The van der Waals surface area contributed by atoms with Crippen LogP contribution in [-0.2, 0) is 9.53 Å². The molecule has 1 aromatic carbocycles. The lowest BCUT2D eigenvalue weighted by atomic mass is 9.86. The Morgan fingerprint density at radius 1 is 1.19 bits per heavy atom. The van der Waals surface area contributed by atoms with Gasteiger partial charge in [-0.25, -0.2) is 4.79 Å². The molecule has 1 amide bonds. The number of hydrogen-bond acceptors (Lipinski definition) is 5. The van der Waals surface area contributed by atoms with Crippen LogP contribution in [0, 0.1) is 5.92 Å². The summed E-state index contributed by atoms with van der Waals surface area (Å²) in [4.78, 5) is 24.4. The van der Waals surface area contributed by atoms with Gasteiger partial charge in [0.1, 0.15) is 0 Å². The molecule has 0 saturated heterocycles. The van der Waals surface area contributed by atoms with Gasteiger partial charge in [-0.05, 0) is 30.9 Å². The second-order valence-electron chi connectivity index (χ2n) is 6.85. The van der Waals surface area contributed by atoms with Gasteiger partial charge in [-0.1, -0.05) is 31.4 Å². The summed E-state index contributed by atoms with van der Waals surface area (Å²) in [6, 6.07) is 3.16. The average Bonchev–Trinajstić information content (AvgIpc) is 2.87. The van der Waals surface area contributed by atoms with E-state index >= 15 is 0 Å². The van der Waals surface area contributed by atoms with E-state index in [0.29, 0.717) is 30.6 Å². The molecule has 26 heavy (non-hydrogen) atoms. The Bertz CT molecular complexity index is 678. The summed E-state index contributed by atoms with van der Waals surface area (Å²) in [7, 11) is 0. The Labute approximate surface area is 158 Å². The van der Waals surface area contributed by atoms with E-state index < -0.39 is 5.97 Å². The van der Waals surface area contributed by atoms with Crippen LogP contribution in [-0.4, -0.2) is 37.7 Å². The predicted molar refractivity (Wildman–Crippen MR) is 96.9 cm³/mol. The highest BCUT2D eigenvalue weighted by atomic mass is 35.5. The lowest BCUT2D eigenvalue weighted by Crippen LogP contribution is -2.42. The zero-order valence-electron chi connectivity index (χ0n) is 14.9. The summed E-state index contributed by atoms with van der Waals surface area (Å²) >= 11 is 6.18. The molecule has 1 fully saturated rings. The van der Waals surface area contributed by atoms with E-state index in [9.17, 15) is 9.59 Å². The second kappa shape index (κ2) is 8.62. The van der Waals surface area contributed by atoms with E-state index in [1.54, 1.807) is 0 Å². The molecule has 1 N–H and O–H groups in total. The molecule has 1 heterocycles. The standard InChI is InChI=1S/C19H24ClNO5/c1-12-5-2-3-6-15(12)21-17(22)11-26-19(23)13-9-14(20)18-16(10-13)24-7-4-8-25-18/h9-10,12,15H,2-8,11H2,1H3,(H,21,22)/t12-,15-/m1/s1. The molecular weight excluding hydrogens is 358 g/mol. The third kappa shape index (κ3) is 4.61. The lowest BCUT2D eigenvalue weighted by molar-refractivity contribution is -0.125. The summed E-state index contributed by atoms with van der Waals surface area (Å²) in [6.07, 6.45) is 5.14. The first-order chi connectivity index (χ1) is 12.5. The smallest absolute Gasteiger partial charge is 0.338 e. The quantitative estimate of drug-likeness (QED) is 0.809. The van der Waals surface area contributed by atoms with Gasteiger partial charge in [0.25, 0.3) is 5.91 Å². The molecule has 0 unspecified atom stereocenters. The van der Waals surface area contributed by atoms with Crippen LogP contribution in [0.4, 0.5) is 0 Å². The normalized spacial score (nSPS) is 22.2. The van der Waals surface area contributed by atoms with E-state index in [1.165, 1.54) is 18.6 Å². The Morgan fingerprint density at radius 3 is 2.77 bits per heavy atom. The first-order valence-corrected chi connectivity index (χ1v) is 9.48. The minimum atomic E-state index is -0.616. The molecule has 2 aliphatic rings. The van der Waals surface area contributed by atoms with Crippen molar-refractivity contribution in [2.75, 3.05) is 19.8 Å². The van der Waals surface area contributed by atoms with Crippen molar-refractivity contribution in [3.05, 3.63) is 22.7 Å². The van der Waals surface area contributed by atoms with Crippen LogP contribution in [0.3, 0.4) is 0 Å². The van der Waals surface area contributed by atoms with E-state index in [4.69, 9.17) is 25.8 Å². The molecule has 1 aromatic rings. The molecule has 3 rings (SSSR count). The molecule has 7 heteroatoms. The topological polar surface area (TPSA) is 73.9 Å². The molecule has 1 aliphatic heterocycles. The highest BCUT2D eigenvalue weighted by Crippen LogP contribution is 2.38. The maximum Gasteiger partial charge on any atom is 0.338 e. The van der Waals surface area contributed by atoms with Crippen molar-refractivity contribution >= 4 is 23.5 Å². The van der Waals surface area contributed by atoms with Crippen molar-refractivity contribution in [3.63, 3.8) is 0 Å². The van der Waals surface area contributed by atoms with Crippen molar-refractivity contribution in [1.82, 2.24) is 5.32 Å². The number of fused-ring (bicyclic) bond motifs is 1. The van der Waals surface area contributed by atoms with Gasteiger partial charge >= 0.3 is 5.97 Å². The summed E-state index contributed by atoms with van der Waals surface area (Å²) in [5.41, 5.74) is 0.234. The van der Waals surface area contributed by atoms with Crippen molar-refractivity contribution in [1.29, 1.82) is 0 Å². The first-order valence-electron chi connectivity index (χ1n) is 9.10. The minimum absolute atomic E-state index is 0.155. The minimum Gasteiger partial charge on any atom is -0.489 e. The van der Waals surface area contributed by atoms with Crippen LogP contribution < -0.4 is 14.8 Å². The SMILES string of the molecule is C[C@@H]1CCCC[C@H]1NC(=O)COC(=O)c1cc(Cl)c2c(c1)OCCCO2. The van der Waals surface area contributed by atoms with Gasteiger partial charge in [-0.15, -0.1) is 0 Å². The molecule has 0 radical (unpaired) electrons. The van der Waals surface area contributed by atoms with E-state index in [1.807, 2.05) is 0 Å². The maximum absolute atomic E-state index is 12.3. The van der Waals surface area contributed by atoms with Crippen LogP contribution >= 0.6 is 11.6 Å². The van der Waals surface area contributed by atoms with Gasteiger partial charge in [0.2, 0.25) is 0 Å². The fraction of sp³-hybridized carbons (Fsp3) is 0.579. The van der Waals surface area contributed by atoms with E-state index in [-0.39, 0.29) is 29.1 Å². The van der Waals surface area contributed by atoms with Crippen molar-refractivity contribution in [3.8, 4) is 11.5 Å². The van der Waals surface area contributed by atoms with Crippen molar-refractivity contribution < 1.29 is 23.8 Å². The molecule has 0 bridgehead atoms. The summed E-state index contributed by atoms with van der Waals surface area (Å²) in [5.74, 6) is 0.406. The Balaban J connectivity index is 1.57. The summed E-state index contributed by atoms with van der Waals surface area (Å²) in [6.45, 7) is 2.82. The van der Waals surface area contributed by atoms with Crippen LogP contribution in [0.15, 0.2) is 12.1 Å². The van der Waals surface area contributed by atoms with E-state index in [2.05, 4.69) is 12.2 Å². The van der Waals surface area contributed by atoms with Crippen LogP contribution in [0.1, 0.15) is 49.4 Å². The summed E-state index contributed by atoms with van der Waals surface area (Å²) in [5, 5.41) is 3.25. The van der Waals surface area contributed by atoms with Gasteiger partial charge in [0, 0.05) is 12.5 Å². The highest BCUT2D eigenvalue weighted by Gasteiger charge is 2.24. The zero-order valence-corrected chi connectivity index (χ0v) is 15.6. The lowest BCUT2D eigenvalue weighted by Gasteiger charge is -2.29. The second-order valence-corrected chi connectivity index (χ2v) is 7.25. The number of carbonyl (C=O) groups excluding carboxylic acids is 2. The number of rotatable bonds is 4. The van der Waals surface area contributed by atoms with Gasteiger partial charge in [0.05, 0.1) is 23.8 Å². The molecule has 142 valence electrons. The number of carbonyl (C=O) groups is 2. The molecule has 0 aromatic heterocycles. The fourth-order valence-electron chi connectivity index (χ4n) is 3.34. The molecule has 2 atom stereocenters. The fourth-order valence-corrected chi connectivity index (χ4v) is 3.61. The maximum atomic E-state index is 12.3. The number of esters is 1. The molecular formula is C19H24ClNO5. The number of halogens is 1. The Kier molecular flexibility index (Phi) is 6.25. The molecule has 1 aliphatic carbocycles. The predicted octanol–water partition coefficient (Wildman–Crippen LogP) is 3.35. The average molecular weight is 382 g/mol. The third-order valence-electron chi connectivity index (χ3n) is 4.83. The largest absolute Gasteiger partial charge is 0.489 e. The number of hydrogen-bond donors (Lipinski definition) is 1. The highest BCUT2D eigenvalue weighted by molar-refractivity contribution is 6.32. The van der Waals surface area contributed by atoms with Crippen LogP contribution in [0.5, 0.6) is 11.5 Å². The first kappa shape index (κ1) is 18.8. The van der Waals surface area contributed by atoms with Crippen molar-refractivity contribution in [2.24, 2.45) is 5.92 Å². The van der Waals surface area contributed by atoms with Gasteiger partial charge in [-0.3, -0.25) is 4.79 Å². The number of ether oxygens (including phenoxy) is 3. The van der Waals surface area contributed by atoms with E-state index in [0.717, 1.165) is 25.7 Å². The molecule has 1 saturated carbocycles. The van der Waals surface area contributed by atoms with Gasteiger partial charge in [-0.2, -0.15) is 0 Å². The van der Waals surface area contributed by atoms with Crippen molar-refractivity contribution in [2.45, 2.75) is 45.1 Å². The Morgan fingerprint density at radius 2 is 1.96 bits per heavy atom. The third-order valence-corrected chi connectivity index (χ3v) is 5.11. The number of nitrogens with one attached hydrogen (secondary N) is 1. The van der Waals surface area contributed by atoms with Crippen LogP contribution in [0.25, 0.3) is 0 Å². The van der Waals surface area contributed by atoms with Crippen LogP contribution in [0.2, 0.25) is 5.02 Å². The zero-order chi connectivity index (χ0) is 18.5. The van der Waals surface area contributed by atoms with Gasteiger partial charge < -0.3 is 19.5 Å². The Hall–Kier alpha value is -1.95. The molecule has 0 spiro atoms. The number of benzene rings is 1. The monoisotopic (exact) mass is 381 g/mol. The summed E-state index contributed by atoms with van der Waals surface area (Å²) < 4.78 is 16.2. The molecule has 6 nitrogen and oxygen atoms in total.